The van der Waals surface area contributed by atoms with Gasteiger partial charge in [-0.25, -0.2) is 0 Å². The summed E-state index contributed by atoms with van der Waals surface area (Å²) in [5, 5.41) is 14.2. The highest BCUT2D eigenvalue weighted by atomic mass is 35.5. The lowest BCUT2D eigenvalue weighted by molar-refractivity contribution is 0.519. The number of rotatable bonds is 12. The van der Waals surface area contributed by atoms with Crippen LogP contribution < -0.4 is 5.73 Å². The molecule has 4 aromatic rings. The van der Waals surface area contributed by atoms with Gasteiger partial charge in [0.2, 0.25) is 0 Å². The van der Waals surface area contributed by atoms with Crippen LogP contribution in [-0.2, 0) is 6.54 Å². The molecule has 0 radical (unpaired) electrons. The predicted octanol–water partition coefficient (Wildman–Crippen LogP) is 7.08. The van der Waals surface area contributed by atoms with Crippen molar-refractivity contribution >= 4 is 17.3 Å². The van der Waals surface area contributed by atoms with Crippen molar-refractivity contribution < 1.29 is 0 Å². The third kappa shape index (κ3) is 6.31. The molecule has 204 valence electrons. The van der Waals surface area contributed by atoms with E-state index < -0.39 is 0 Å². The summed E-state index contributed by atoms with van der Waals surface area (Å²) in [5.41, 5.74) is 11.8. The zero-order valence-corrected chi connectivity index (χ0v) is 23.7. The number of nitrogens with two attached hydrogens (primary N) is 1. The minimum absolute atomic E-state index is 0.138. The molecule has 0 saturated carbocycles. The molecule has 3 heterocycles. The second-order valence-electron chi connectivity index (χ2n) is 10.4. The number of unbranched alkanes of at least 4 members (excludes halogenated alkanes) is 7. The molecule has 2 N–H and O–H groups in total. The molecule has 0 bridgehead atoms. The molecule has 2 aromatic heterocycles. The summed E-state index contributed by atoms with van der Waals surface area (Å²) in [5.74, 6) is 1.69. The highest BCUT2D eigenvalue weighted by Crippen LogP contribution is 2.33. The maximum absolute atomic E-state index is 6.20. The van der Waals surface area contributed by atoms with Gasteiger partial charge in [0.25, 0.3) is 0 Å². The molecule has 0 fully saturated rings. The maximum atomic E-state index is 6.20. The number of hydrogen-bond donors (Lipinski definition) is 1. The van der Waals surface area contributed by atoms with Crippen LogP contribution in [0.25, 0.3) is 16.8 Å². The smallest absolute Gasteiger partial charge is 0.162 e. The SMILES string of the molecule is Cc1nnc2n1-c1ccc(-c3cnn(CCCCCCCCCCN)c3)cc1C(c1ccc(Cl)cc1)=N[C@H]2C. The lowest BCUT2D eigenvalue weighted by Crippen LogP contribution is -2.08. The van der Waals surface area contributed by atoms with Gasteiger partial charge >= 0.3 is 0 Å². The van der Waals surface area contributed by atoms with E-state index >= 15 is 0 Å². The fourth-order valence-corrected chi connectivity index (χ4v) is 5.45. The Morgan fingerprint density at radius 3 is 2.28 bits per heavy atom. The van der Waals surface area contributed by atoms with E-state index in [-0.39, 0.29) is 6.04 Å². The Morgan fingerprint density at radius 1 is 0.846 bits per heavy atom. The molecule has 1 atom stereocenters. The van der Waals surface area contributed by atoms with Gasteiger partial charge in [0.15, 0.2) is 5.82 Å². The van der Waals surface area contributed by atoms with E-state index in [0.29, 0.717) is 5.02 Å². The summed E-state index contributed by atoms with van der Waals surface area (Å²) in [4.78, 5) is 5.12. The Kier molecular flexibility index (Phi) is 8.89. The van der Waals surface area contributed by atoms with Gasteiger partial charge < -0.3 is 5.73 Å². The van der Waals surface area contributed by atoms with Crippen LogP contribution >= 0.6 is 11.6 Å². The summed E-state index contributed by atoms with van der Waals surface area (Å²) in [6, 6.07) is 14.3. The fraction of sp³-hybridized carbons (Fsp3) is 0.419. The van der Waals surface area contributed by atoms with Crippen molar-refractivity contribution in [2.24, 2.45) is 10.7 Å². The van der Waals surface area contributed by atoms with Gasteiger partial charge in [-0.2, -0.15) is 5.10 Å². The number of aryl methyl sites for hydroxylation is 2. The van der Waals surface area contributed by atoms with E-state index in [9.17, 15) is 0 Å². The average molecular weight is 544 g/mol. The Balaban J connectivity index is 1.34. The predicted molar refractivity (Wildman–Crippen MR) is 159 cm³/mol. The molecule has 2 aromatic carbocycles. The quantitative estimate of drug-likeness (QED) is 0.193. The monoisotopic (exact) mass is 543 g/mol. The molecule has 0 amide bonds. The van der Waals surface area contributed by atoms with Crippen molar-refractivity contribution in [3.05, 3.63) is 82.7 Å². The van der Waals surface area contributed by atoms with Crippen LogP contribution in [-0.4, -0.2) is 36.8 Å². The molecule has 0 spiro atoms. The number of nitrogens with zero attached hydrogens (tertiary/aromatic N) is 6. The summed E-state index contributed by atoms with van der Waals surface area (Å²) in [7, 11) is 0. The zero-order chi connectivity index (χ0) is 27.2. The molecule has 7 nitrogen and oxygen atoms in total. The van der Waals surface area contributed by atoms with Crippen LogP contribution in [0, 0.1) is 6.92 Å². The standard InChI is InChI=1S/C31H38ClN7/c1-22-31-37-36-23(2)39(31)29-16-13-25(19-28(29)30(35-22)24-11-14-27(32)15-12-24)26-20-34-38(21-26)18-10-8-6-4-3-5-7-9-17-33/h11-16,19-22H,3-10,17-18,33H2,1-2H3/t22-/m0/s1. The number of hydrogen-bond acceptors (Lipinski definition) is 5. The molecule has 0 unspecified atom stereocenters. The third-order valence-corrected chi connectivity index (χ3v) is 7.72. The van der Waals surface area contributed by atoms with Gasteiger partial charge in [0.05, 0.1) is 17.6 Å². The molecule has 1 aliphatic heterocycles. The van der Waals surface area contributed by atoms with Gasteiger partial charge in [-0.1, -0.05) is 68.3 Å². The average Bonchev–Trinajstić information content (AvgIpc) is 3.55. The summed E-state index contributed by atoms with van der Waals surface area (Å²) in [6.45, 7) is 5.81. The Labute approximate surface area is 236 Å². The Bertz CT molecular complexity index is 1420. The first-order valence-electron chi connectivity index (χ1n) is 14.2. The number of fused-ring (bicyclic) bond motifs is 3. The third-order valence-electron chi connectivity index (χ3n) is 7.46. The van der Waals surface area contributed by atoms with E-state index in [1.54, 1.807) is 0 Å². The first-order chi connectivity index (χ1) is 19.0. The first-order valence-corrected chi connectivity index (χ1v) is 14.6. The number of aromatic nitrogens is 5. The lowest BCUT2D eigenvalue weighted by atomic mass is 9.96. The molecule has 8 heteroatoms. The van der Waals surface area contributed by atoms with Gasteiger partial charge in [0.1, 0.15) is 11.9 Å². The van der Waals surface area contributed by atoms with Gasteiger partial charge in [-0.3, -0.25) is 14.2 Å². The van der Waals surface area contributed by atoms with Crippen LogP contribution in [0.4, 0.5) is 0 Å². The first kappa shape index (κ1) is 27.3. The van der Waals surface area contributed by atoms with E-state index in [2.05, 4.69) is 55.9 Å². The van der Waals surface area contributed by atoms with Gasteiger partial charge in [-0.15, -0.1) is 10.2 Å². The van der Waals surface area contributed by atoms with Crippen molar-refractivity contribution in [3.63, 3.8) is 0 Å². The van der Waals surface area contributed by atoms with E-state index in [1.165, 1.54) is 38.5 Å². The van der Waals surface area contributed by atoms with Crippen molar-refractivity contribution in [1.82, 2.24) is 24.5 Å². The van der Waals surface area contributed by atoms with Crippen LogP contribution in [0.3, 0.4) is 0 Å². The molecule has 0 aliphatic carbocycles. The molecular formula is C31H38ClN7. The topological polar surface area (TPSA) is 86.9 Å². The maximum Gasteiger partial charge on any atom is 0.162 e. The molecular weight excluding hydrogens is 506 g/mol. The number of aliphatic imine (C=N–C) groups is 1. The Hall–Kier alpha value is -3.29. The fourth-order valence-electron chi connectivity index (χ4n) is 5.32. The van der Waals surface area contributed by atoms with Gasteiger partial charge in [-0.05, 0) is 63.1 Å². The normalized spacial score (nSPS) is 14.6. The van der Waals surface area contributed by atoms with Crippen molar-refractivity contribution in [3.8, 4) is 16.8 Å². The number of benzene rings is 2. The van der Waals surface area contributed by atoms with E-state index in [1.807, 2.05) is 37.4 Å². The second-order valence-corrected chi connectivity index (χ2v) is 10.9. The minimum atomic E-state index is -0.138. The lowest BCUT2D eigenvalue weighted by Gasteiger charge is -2.14. The summed E-state index contributed by atoms with van der Waals surface area (Å²) in [6.07, 6.45) is 14.2. The second kappa shape index (κ2) is 12.7. The van der Waals surface area contributed by atoms with E-state index in [4.69, 9.17) is 22.3 Å². The summed E-state index contributed by atoms with van der Waals surface area (Å²) < 4.78 is 4.19. The van der Waals surface area contributed by atoms with Crippen molar-refractivity contribution in [2.75, 3.05) is 6.54 Å². The highest BCUT2D eigenvalue weighted by Gasteiger charge is 2.26. The molecule has 5 rings (SSSR count). The van der Waals surface area contributed by atoms with Crippen LogP contribution in [0.1, 0.15) is 87.1 Å². The summed E-state index contributed by atoms with van der Waals surface area (Å²) >= 11 is 6.20. The number of halogens is 1. The van der Waals surface area contributed by atoms with Crippen LogP contribution in [0.2, 0.25) is 5.02 Å². The molecule has 0 saturated heterocycles. The van der Waals surface area contributed by atoms with Crippen molar-refractivity contribution in [2.45, 2.75) is 77.8 Å². The minimum Gasteiger partial charge on any atom is -0.330 e. The molecule has 39 heavy (non-hydrogen) atoms. The highest BCUT2D eigenvalue weighted by molar-refractivity contribution is 6.30. The van der Waals surface area contributed by atoms with Crippen LogP contribution in [0.5, 0.6) is 0 Å². The zero-order valence-electron chi connectivity index (χ0n) is 23.0. The molecule has 1 aliphatic rings. The van der Waals surface area contributed by atoms with Gasteiger partial charge in [0, 0.05) is 34.5 Å². The van der Waals surface area contributed by atoms with E-state index in [0.717, 1.165) is 71.2 Å². The Morgan fingerprint density at radius 2 is 1.54 bits per heavy atom. The van der Waals surface area contributed by atoms with Crippen molar-refractivity contribution in [1.29, 1.82) is 0 Å². The largest absolute Gasteiger partial charge is 0.330 e. The van der Waals surface area contributed by atoms with Crippen LogP contribution in [0.15, 0.2) is 59.9 Å².